The summed E-state index contributed by atoms with van der Waals surface area (Å²) < 4.78 is 0. The molecule has 0 radical (unpaired) electrons. The first-order valence-corrected chi connectivity index (χ1v) is 13.4. The molecule has 0 saturated carbocycles. The van der Waals surface area contributed by atoms with Crippen molar-refractivity contribution in [1.29, 1.82) is 0 Å². The number of likely N-dealkylation sites (tertiary alicyclic amines) is 1. The van der Waals surface area contributed by atoms with Crippen LogP contribution in [0.4, 0.5) is 11.4 Å². The highest BCUT2D eigenvalue weighted by Crippen LogP contribution is 2.45. The number of amides is 3. The van der Waals surface area contributed by atoms with E-state index in [1.54, 1.807) is 39.8 Å². The van der Waals surface area contributed by atoms with Crippen molar-refractivity contribution in [3.63, 3.8) is 0 Å². The molecule has 2 fully saturated rings. The minimum Gasteiger partial charge on any atom is -0.394 e. The van der Waals surface area contributed by atoms with Crippen LogP contribution in [-0.2, 0) is 26.5 Å². The minimum absolute atomic E-state index is 0.0359. The van der Waals surface area contributed by atoms with Gasteiger partial charge in [-0.25, -0.2) is 0 Å². The van der Waals surface area contributed by atoms with E-state index in [4.69, 9.17) is 0 Å². The summed E-state index contributed by atoms with van der Waals surface area (Å²) >= 11 is 0. The van der Waals surface area contributed by atoms with Crippen LogP contribution in [0.25, 0.3) is 0 Å². The van der Waals surface area contributed by atoms with Crippen molar-refractivity contribution in [3.8, 4) is 0 Å². The Morgan fingerprint density at radius 3 is 2.58 bits per heavy atom. The van der Waals surface area contributed by atoms with E-state index >= 15 is 0 Å². The molecule has 5 rings (SSSR count). The van der Waals surface area contributed by atoms with Gasteiger partial charge in [-0.15, -0.1) is 0 Å². The fraction of sp³-hybridized carbons (Fsp3) is 0.433. The molecule has 2 aromatic carbocycles. The monoisotopic (exact) mass is 517 g/mol. The lowest BCUT2D eigenvalue weighted by molar-refractivity contribution is -0.139. The van der Waals surface area contributed by atoms with Crippen molar-refractivity contribution in [2.24, 2.45) is 5.92 Å². The Morgan fingerprint density at radius 1 is 1.11 bits per heavy atom. The zero-order chi connectivity index (χ0) is 26.9. The molecule has 200 valence electrons. The zero-order valence-corrected chi connectivity index (χ0v) is 21.8. The Morgan fingerprint density at radius 2 is 1.87 bits per heavy atom. The normalized spacial score (nSPS) is 24.1. The Hall–Kier alpha value is -3.49. The third-order valence-electron chi connectivity index (χ3n) is 8.12. The van der Waals surface area contributed by atoms with Crippen molar-refractivity contribution in [3.05, 3.63) is 71.8 Å². The number of aliphatic hydroxyl groups is 2. The van der Waals surface area contributed by atoms with Crippen LogP contribution < -0.4 is 9.80 Å². The van der Waals surface area contributed by atoms with Crippen LogP contribution in [0.3, 0.4) is 0 Å². The predicted octanol–water partition coefficient (Wildman–Crippen LogP) is 3.11. The molecule has 0 aliphatic carbocycles. The van der Waals surface area contributed by atoms with E-state index in [2.05, 4.69) is 0 Å². The average molecular weight is 518 g/mol. The molecule has 3 atom stereocenters. The summed E-state index contributed by atoms with van der Waals surface area (Å²) in [7, 11) is 0. The topological polar surface area (TPSA) is 101 Å². The van der Waals surface area contributed by atoms with Crippen LogP contribution in [0.5, 0.6) is 0 Å². The third kappa shape index (κ3) is 4.63. The van der Waals surface area contributed by atoms with Gasteiger partial charge in [0, 0.05) is 43.1 Å². The molecule has 3 heterocycles. The Labute approximate surface area is 223 Å². The fourth-order valence-electron chi connectivity index (χ4n) is 5.93. The molecule has 38 heavy (non-hydrogen) atoms. The maximum absolute atomic E-state index is 13.7. The van der Waals surface area contributed by atoms with Crippen LogP contribution in [0.2, 0.25) is 0 Å². The molecule has 0 unspecified atom stereocenters. The molecule has 2 saturated heterocycles. The largest absolute Gasteiger partial charge is 0.394 e. The van der Waals surface area contributed by atoms with Gasteiger partial charge in [0.25, 0.3) is 5.91 Å². The van der Waals surface area contributed by atoms with E-state index in [-0.39, 0.29) is 30.9 Å². The lowest BCUT2D eigenvalue weighted by Gasteiger charge is -2.28. The number of carbonyl (C=O) groups excluding carboxylic acids is 3. The predicted molar refractivity (Wildman–Crippen MR) is 144 cm³/mol. The molecule has 0 bridgehead atoms. The lowest BCUT2D eigenvalue weighted by atomic mass is 9.83. The second-order valence-electron chi connectivity index (χ2n) is 10.5. The molecule has 3 aliphatic rings. The number of hydrogen-bond acceptors (Lipinski definition) is 5. The van der Waals surface area contributed by atoms with Gasteiger partial charge in [-0.1, -0.05) is 49.4 Å². The molecule has 2 aromatic rings. The number of benzene rings is 2. The summed E-state index contributed by atoms with van der Waals surface area (Å²) in [6, 6.07) is 14.8. The van der Waals surface area contributed by atoms with Crippen molar-refractivity contribution in [2.45, 2.75) is 57.2 Å². The number of aliphatic hydroxyl groups excluding tert-OH is 1. The molecule has 3 amide bonds. The number of para-hydroxylation sites is 1. The number of nitrogens with zero attached hydrogens (tertiary/aromatic N) is 3. The van der Waals surface area contributed by atoms with Gasteiger partial charge in [-0.3, -0.25) is 14.4 Å². The minimum atomic E-state index is -1.75. The fourth-order valence-corrected chi connectivity index (χ4v) is 5.93. The molecule has 2 N–H and O–H groups in total. The van der Waals surface area contributed by atoms with Crippen molar-refractivity contribution in [2.75, 3.05) is 29.5 Å². The van der Waals surface area contributed by atoms with E-state index in [1.807, 2.05) is 42.5 Å². The Balaban J connectivity index is 1.31. The van der Waals surface area contributed by atoms with Gasteiger partial charge in [0.15, 0.2) is 5.60 Å². The summed E-state index contributed by atoms with van der Waals surface area (Å²) in [6.45, 7) is 3.41. The van der Waals surface area contributed by atoms with E-state index < -0.39 is 17.4 Å². The van der Waals surface area contributed by atoms with Gasteiger partial charge < -0.3 is 24.9 Å². The second kappa shape index (κ2) is 10.7. The van der Waals surface area contributed by atoms with Crippen LogP contribution in [0.15, 0.2) is 60.7 Å². The second-order valence-corrected chi connectivity index (χ2v) is 10.5. The number of hydrogen-bond donors (Lipinski definition) is 2. The van der Waals surface area contributed by atoms with Crippen LogP contribution in [0.1, 0.15) is 50.2 Å². The molecule has 0 spiro atoms. The number of rotatable bonds is 8. The smallest absolute Gasteiger partial charge is 0.264 e. The van der Waals surface area contributed by atoms with E-state index in [0.717, 1.165) is 37.1 Å². The van der Waals surface area contributed by atoms with Crippen molar-refractivity contribution < 1.29 is 24.6 Å². The summed E-state index contributed by atoms with van der Waals surface area (Å²) in [5, 5.41) is 21.3. The standard InChI is InChI=1S/C30H35N3O5/c1-21(7-4-11-27(35)32-17-5-8-24(32)20-34)30(38)25-9-2-3-10-26(25)33(29(30)37)19-22-13-15-23(16-14-22)31-18-6-12-28(31)36/h2-4,7,9-10,13-16,21,24,34,38H,5-6,8,11-12,17-20H2,1H3/b7-4+/t21-,24+,30+/m1/s1. The van der Waals surface area contributed by atoms with Gasteiger partial charge in [-0.05, 0) is 43.0 Å². The first-order valence-electron chi connectivity index (χ1n) is 13.4. The molecule has 3 aliphatic heterocycles. The summed E-state index contributed by atoms with van der Waals surface area (Å²) in [5.41, 5.74) is 1.21. The van der Waals surface area contributed by atoms with Gasteiger partial charge in [0.1, 0.15) is 0 Å². The van der Waals surface area contributed by atoms with E-state index in [0.29, 0.717) is 30.8 Å². The number of carbonyl (C=O) groups is 3. The first kappa shape index (κ1) is 26.1. The maximum Gasteiger partial charge on any atom is 0.264 e. The third-order valence-corrected chi connectivity index (χ3v) is 8.12. The number of anilines is 2. The molecule has 8 heteroatoms. The van der Waals surface area contributed by atoms with Crippen LogP contribution in [-0.4, -0.2) is 58.6 Å². The van der Waals surface area contributed by atoms with Gasteiger partial charge in [0.2, 0.25) is 11.8 Å². The zero-order valence-electron chi connectivity index (χ0n) is 21.8. The molecular formula is C30H35N3O5. The van der Waals surface area contributed by atoms with Crippen molar-refractivity contribution in [1.82, 2.24) is 4.90 Å². The highest BCUT2D eigenvalue weighted by molar-refractivity contribution is 6.07. The highest BCUT2D eigenvalue weighted by atomic mass is 16.3. The summed E-state index contributed by atoms with van der Waals surface area (Å²) in [4.78, 5) is 43.5. The summed E-state index contributed by atoms with van der Waals surface area (Å²) in [6.07, 6.45) is 6.74. The molecule has 0 aromatic heterocycles. The van der Waals surface area contributed by atoms with Gasteiger partial charge >= 0.3 is 0 Å². The first-order chi connectivity index (χ1) is 18.3. The Kier molecular flexibility index (Phi) is 7.36. The van der Waals surface area contributed by atoms with E-state index in [9.17, 15) is 24.6 Å². The average Bonchev–Trinajstić information content (AvgIpc) is 3.64. The number of fused-ring (bicyclic) bond motifs is 1. The van der Waals surface area contributed by atoms with E-state index in [1.165, 1.54) is 0 Å². The highest BCUT2D eigenvalue weighted by Gasteiger charge is 2.52. The lowest BCUT2D eigenvalue weighted by Crippen LogP contribution is -2.44. The quantitative estimate of drug-likeness (QED) is 0.524. The molecular weight excluding hydrogens is 482 g/mol. The SMILES string of the molecule is C[C@H](/C=C/CC(=O)N1CCC[C@H]1CO)[C@@]1(O)C(=O)N(Cc2ccc(N3CCCC3=O)cc2)c2ccccc21. The van der Waals surface area contributed by atoms with Crippen LogP contribution >= 0.6 is 0 Å². The maximum atomic E-state index is 13.7. The van der Waals surface area contributed by atoms with Gasteiger partial charge in [0.05, 0.1) is 24.9 Å². The van der Waals surface area contributed by atoms with Gasteiger partial charge in [-0.2, -0.15) is 0 Å². The Bertz CT molecular complexity index is 1240. The van der Waals surface area contributed by atoms with Crippen LogP contribution in [0, 0.1) is 5.92 Å². The molecule has 8 nitrogen and oxygen atoms in total. The van der Waals surface area contributed by atoms with Crippen molar-refractivity contribution >= 4 is 29.1 Å². The summed E-state index contributed by atoms with van der Waals surface area (Å²) in [5.74, 6) is -0.898.